The van der Waals surface area contributed by atoms with Crippen LogP contribution in [0.5, 0.6) is 0 Å². The molecule has 1 unspecified atom stereocenters. The van der Waals surface area contributed by atoms with Crippen LogP contribution < -0.4 is 5.32 Å². The topological polar surface area (TPSA) is 131 Å². The molecule has 0 radical (unpaired) electrons. The molecule has 0 spiro atoms. The van der Waals surface area contributed by atoms with E-state index in [0.717, 1.165) is 26.3 Å². The number of benzene rings is 2. The van der Waals surface area contributed by atoms with Crippen molar-refractivity contribution in [3.63, 3.8) is 0 Å². The number of carbonyl (C=O) groups excluding carboxylic acids is 2. The van der Waals surface area contributed by atoms with Crippen molar-refractivity contribution in [1.29, 1.82) is 0 Å². The number of hydrogen-bond donors (Lipinski definition) is 1. The molecule has 1 aliphatic rings. The lowest BCUT2D eigenvalue weighted by Gasteiger charge is -2.32. The Morgan fingerprint density at radius 2 is 1.91 bits per heavy atom. The molecule has 176 valence electrons. The number of nitrogens with zero attached hydrogens (tertiary/aromatic N) is 4. The van der Waals surface area contributed by atoms with E-state index in [1.54, 1.807) is 12.1 Å². The molecule has 34 heavy (non-hydrogen) atoms. The number of amides is 1. The number of fused-ring (bicyclic) bond motifs is 2. The van der Waals surface area contributed by atoms with Crippen molar-refractivity contribution in [3.05, 3.63) is 42.5 Å². The second-order valence-corrected chi connectivity index (χ2v) is 11.1. The van der Waals surface area contributed by atoms with Crippen LogP contribution in [0.3, 0.4) is 0 Å². The van der Waals surface area contributed by atoms with Gasteiger partial charge in [0.2, 0.25) is 10.0 Å². The molecule has 2 aromatic carbocycles. The zero-order chi connectivity index (χ0) is 23.7. The third kappa shape index (κ3) is 4.39. The zero-order valence-corrected chi connectivity index (χ0v) is 20.2. The third-order valence-corrected chi connectivity index (χ3v) is 8.88. The van der Waals surface area contributed by atoms with Crippen molar-refractivity contribution in [3.8, 4) is 0 Å². The van der Waals surface area contributed by atoms with E-state index in [9.17, 15) is 18.0 Å². The number of esters is 1. The quantitative estimate of drug-likeness (QED) is 0.386. The van der Waals surface area contributed by atoms with Gasteiger partial charge in [0, 0.05) is 6.54 Å². The summed E-state index contributed by atoms with van der Waals surface area (Å²) >= 11 is 2.24. The maximum atomic E-state index is 13.4. The third-order valence-electron chi connectivity index (χ3n) is 5.45. The average Bonchev–Trinajstić information content (AvgIpc) is 3.48. The van der Waals surface area contributed by atoms with Gasteiger partial charge in [0.05, 0.1) is 21.9 Å². The van der Waals surface area contributed by atoms with Crippen LogP contribution in [0.15, 0.2) is 47.4 Å². The predicted octanol–water partition coefficient (Wildman–Crippen LogP) is 3.03. The number of thiazole rings is 1. The van der Waals surface area contributed by atoms with E-state index in [2.05, 4.69) is 19.0 Å². The first-order valence-electron chi connectivity index (χ1n) is 10.5. The zero-order valence-electron chi connectivity index (χ0n) is 17.7. The summed E-state index contributed by atoms with van der Waals surface area (Å²) in [5.74, 6) is -1.30. The number of aromatic nitrogens is 3. The fraction of sp³-hybridized carbons (Fsp3) is 0.286. The number of nitrogens with one attached hydrogen (secondary N) is 1. The lowest BCUT2D eigenvalue weighted by molar-refractivity contribution is -0.152. The molecular formula is C21H19N5O5S3. The van der Waals surface area contributed by atoms with Crippen LogP contribution in [0.4, 0.5) is 5.13 Å². The maximum absolute atomic E-state index is 13.4. The Kier molecular flexibility index (Phi) is 6.25. The minimum atomic E-state index is -4.03. The van der Waals surface area contributed by atoms with Gasteiger partial charge in [-0.25, -0.2) is 13.4 Å². The number of rotatable bonds is 6. The largest absolute Gasteiger partial charge is 0.454 e. The molecule has 10 nitrogen and oxygen atoms in total. The summed E-state index contributed by atoms with van der Waals surface area (Å²) < 4.78 is 42.4. The van der Waals surface area contributed by atoms with Crippen molar-refractivity contribution < 1.29 is 22.7 Å². The van der Waals surface area contributed by atoms with Gasteiger partial charge in [-0.1, -0.05) is 29.5 Å². The van der Waals surface area contributed by atoms with Gasteiger partial charge in [-0.2, -0.15) is 13.1 Å². The highest BCUT2D eigenvalue weighted by atomic mass is 32.2. The van der Waals surface area contributed by atoms with E-state index in [1.807, 2.05) is 24.3 Å². The maximum Gasteiger partial charge on any atom is 0.324 e. The number of para-hydroxylation sites is 1. The lowest BCUT2D eigenvalue weighted by atomic mass is 10.1. The Morgan fingerprint density at radius 3 is 2.76 bits per heavy atom. The van der Waals surface area contributed by atoms with Gasteiger partial charge in [-0.15, -0.1) is 0 Å². The molecule has 5 rings (SSSR count). The number of sulfonamides is 1. The van der Waals surface area contributed by atoms with Crippen molar-refractivity contribution in [1.82, 2.24) is 18.0 Å². The number of piperidine rings is 1. The van der Waals surface area contributed by atoms with E-state index >= 15 is 0 Å². The highest BCUT2D eigenvalue weighted by molar-refractivity contribution is 7.89. The molecule has 13 heteroatoms. The first-order valence-corrected chi connectivity index (χ1v) is 13.5. The number of ether oxygens (including phenoxy) is 1. The van der Waals surface area contributed by atoms with E-state index in [4.69, 9.17) is 4.74 Å². The molecule has 0 aliphatic carbocycles. The Balaban J connectivity index is 1.28. The monoisotopic (exact) mass is 517 g/mol. The SMILES string of the molecule is O=C(COC(=O)C1CCCCN1S(=O)(=O)c1cccc2nsnc12)Nc1nc2ccccc2s1. The van der Waals surface area contributed by atoms with Gasteiger partial charge in [0.1, 0.15) is 22.0 Å². The fourth-order valence-corrected chi connectivity index (χ4v) is 7.14. The van der Waals surface area contributed by atoms with E-state index in [-0.39, 0.29) is 17.0 Å². The predicted molar refractivity (Wildman–Crippen MR) is 128 cm³/mol. The summed E-state index contributed by atoms with van der Waals surface area (Å²) in [6.07, 6.45) is 1.60. The van der Waals surface area contributed by atoms with E-state index < -0.39 is 34.5 Å². The molecule has 1 fully saturated rings. The van der Waals surface area contributed by atoms with Crippen molar-refractivity contribution in [2.45, 2.75) is 30.2 Å². The minimum absolute atomic E-state index is 0.00651. The Labute approximate surface area is 202 Å². The van der Waals surface area contributed by atoms with Crippen LogP contribution in [0.1, 0.15) is 19.3 Å². The van der Waals surface area contributed by atoms with Crippen LogP contribution in [0.25, 0.3) is 21.3 Å². The van der Waals surface area contributed by atoms with Crippen molar-refractivity contribution in [2.75, 3.05) is 18.5 Å². The molecule has 0 saturated carbocycles. The van der Waals surface area contributed by atoms with Gasteiger partial charge < -0.3 is 4.74 Å². The van der Waals surface area contributed by atoms with Gasteiger partial charge >= 0.3 is 5.97 Å². The molecule has 3 heterocycles. The second kappa shape index (κ2) is 9.33. The average molecular weight is 518 g/mol. The number of anilines is 1. The summed E-state index contributed by atoms with van der Waals surface area (Å²) in [5.41, 5.74) is 1.52. The van der Waals surface area contributed by atoms with Gasteiger partial charge in [0.25, 0.3) is 5.91 Å². The molecule has 4 aromatic rings. The summed E-state index contributed by atoms with van der Waals surface area (Å²) in [4.78, 5) is 29.5. The van der Waals surface area contributed by atoms with E-state index in [1.165, 1.54) is 17.4 Å². The standard InChI is InChI=1S/C21H19N5O5S3/c27-18(23-21-22-13-6-1-2-9-16(13)32-21)12-31-20(28)15-8-3-4-11-26(15)34(29,30)17-10-5-7-14-19(17)25-33-24-14/h1-2,5-7,9-10,15H,3-4,8,11-12H2,(H,22,23,27). The Bertz CT molecular complexity index is 1450. The van der Waals surface area contributed by atoms with Crippen molar-refractivity contribution in [2.24, 2.45) is 0 Å². The van der Waals surface area contributed by atoms with Crippen LogP contribution in [-0.2, 0) is 24.3 Å². The highest BCUT2D eigenvalue weighted by Gasteiger charge is 2.39. The molecule has 2 aromatic heterocycles. The molecule has 1 amide bonds. The van der Waals surface area contributed by atoms with Gasteiger partial charge in [0.15, 0.2) is 11.7 Å². The van der Waals surface area contributed by atoms with Crippen LogP contribution in [0, 0.1) is 0 Å². The highest BCUT2D eigenvalue weighted by Crippen LogP contribution is 2.30. The molecule has 1 aliphatic heterocycles. The molecule has 0 bridgehead atoms. The number of hydrogen-bond acceptors (Lipinski definition) is 10. The Hall–Kier alpha value is -3.00. The first-order chi connectivity index (χ1) is 16.4. The van der Waals surface area contributed by atoms with Gasteiger partial charge in [-0.05, 0) is 43.5 Å². The summed E-state index contributed by atoms with van der Waals surface area (Å²) in [5, 5.41) is 3.02. The smallest absolute Gasteiger partial charge is 0.324 e. The molecule has 1 saturated heterocycles. The summed E-state index contributed by atoms with van der Waals surface area (Å²) in [7, 11) is -4.03. The summed E-state index contributed by atoms with van der Waals surface area (Å²) in [6.45, 7) is -0.362. The normalized spacial score (nSPS) is 17.1. The summed E-state index contributed by atoms with van der Waals surface area (Å²) in [6, 6.07) is 11.2. The molecule has 1 N–H and O–H groups in total. The molecular weight excluding hydrogens is 498 g/mol. The second-order valence-electron chi connectivity index (χ2n) is 7.66. The van der Waals surface area contributed by atoms with Crippen molar-refractivity contribution >= 4 is 71.3 Å². The van der Waals surface area contributed by atoms with Crippen LogP contribution >= 0.6 is 23.1 Å². The Morgan fingerprint density at radius 1 is 1.09 bits per heavy atom. The van der Waals surface area contributed by atoms with Gasteiger partial charge in [-0.3, -0.25) is 14.9 Å². The first kappa shape index (κ1) is 22.8. The fourth-order valence-electron chi connectivity index (χ4n) is 3.86. The van der Waals surface area contributed by atoms with E-state index in [0.29, 0.717) is 29.9 Å². The minimum Gasteiger partial charge on any atom is -0.454 e. The number of carbonyl (C=O) groups is 2. The molecule has 1 atom stereocenters. The van der Waals surface area contributed by atoms with Crippen LogP contribution in [-0.4, -0.2) is 57.5 Å². The van der Waals surface area contributed by atoms with Crippen LogP contribution in [0.2, 0.25) is 0 Å². The lowest BCUT2D eigenvalue weighted by Crippen LogP contribution is -2.48.